The van der Waals surface area contributed by atoms with E-state index in [1.54, 1.807) is 30.3 Å². The van der Waals surface area contributed by atoms with E-state index in [0.717, 1.165) is 46.6 Å². The Balaban J connectivity index is 0.916. The Morgan fingerprint density at radius 1 is 0.580 bits per heavy atom. The molecule has 9 nitrogen and oxygen atoms in total. The molecule has 4 aromatic carbocycles. The SMILES string of the molecule is CC(OCC1CO1)c1ccc(-c2ccc(OC(=O)c3cccc(C(=O)Oc4ccc(-c5ccc(C(C)OCC6CO6)cc5)cc4)n3)cc2)cc1. The van der Waals surface area contributed by atoms with Crippen molar-refractivity contribution in [2.45, 2.75) is 38.3 Å². The van der Waals surface area contributed by atoms with Crippen LogP contribution in [-0.2, 0) is 18.9 Å². The Morgan fingerprint density at radius 2 is 0.920 bits per heavy atom. The summed E-state index contributed by atoms with van der Waals surface area (Å²) in [5.41, 5.74) is 6.15. The molecule has 7 rings (SSSR count). The highest BCUT2D eigenvalue weighted by molar-refractivity contribution is 5.93. The van der Waals surface area contributed by atoms with Crippen LogP contribution in [-0.4, -0.2) is 55.6 Å². The van der Waals surface area contributed by atoms with Crippen LogP contribution >= 0.6 is 0 Å². The van der Waals surface area contributed by atoms with E-state index >= 15 is 0 Å². The molecule has 1 aromatic heterocycles. The Morgan fingerprint density at radius 3 is 1.26 bits per heavy atom. The van der Waals surface area contributed by atoms with Gasteiger partial charge in [-0.2, -0.15) is 0 Å². The van der Waals surface area contributed by atoms with Crippen molar-refractivity contribution in [3.05, 3.63) is 138 Å². The smallest absolute Gasteiger partial charge is 0.362 e. The number of hydrogen-bond donors (Lipinski definition) is 0. The molecular weight excluding hydrogens is 634 g/mol. The summed E-state index contributed by atoms with van der Waals surface area (Å²) in [6.45, 7) is 6.81. The lowest BCUT2D eigenvalue weighted by Gasteiger charge is -2.13. The van der Waals surface area contributed by atoms with Crippen LogP contribution in [0.5, 0.6) is 11.5 Å². The average Bonchev–Trinajstić information content (AvgIpc) is 4.10. The van der Waals surface area contributed by atoms with Crippen LogP contribution in [0, 0.1) is 0 Å². The van der Waals surface area contributed by atoms with Crippen LogP contribution < -0.4 is 9.47 Å². The van der Waals surface area contributed by atoms with E-state index in [4.69, 9.17) is 28.4 Å². The molecule has 2 fully saturated rings. The van der Waals surface area contributed by atoms with Crippen molar-refractivity contribution in [2.75, 3.05) is 26.4 Å². The molecule has 2 aliphatic heterocycles. The van der Waals surface area contributed by atoms with Crippen molar-refractivity contribution in [3.63, 3.8) is 0 Å². The molecule has 0 N–H and O–H groups in total. The monoisotopic (exact) mass is 671 g/mol. The minimum Gasteiger partial charge on any atom is -0.422 e. The standard InChI is InChI=1S/C41H37NO8/c1-26(45-22-36-24-47-36)28-6-10-30(11-7-28)32-14-18-34(19-15-32)49-40(43)38-4-3-5-39(42-38)41(44)50-35-20-16-33(17-21-35)31-12-8-29(9-13-31)27(2)46-23-37-25-48-37/h3-21,26-27,36-37H,22-25H2,1-2H3. The highest BCUT2D eigenvalue weighted by Crippen LogP contribution is 2.28. The molecule has 4 unspecified atom stereocenters. The van der Waals surface area contributed by atoms with Crippen molar-refractivity contribution in [1.82, 2.24) is 4.98 Å². The summed E-state index contributed by atoms with van der Waals surface area (Å²) >= 11 is 0. The number of pyridine rings is 1. The van der Waals surface area contributed by atoms with Gasteiger partial charge in [0.05, 0.1) is 38.6 Å². The molecule has 0 amide bonds. The number of rotatable bonds is 14. The fraction of sp³-hybridized carbons (Fsp3) is 0.244. The molecule has 0 aliphatic carbocycles. The number of carbonyl (C=O) groups excluding carboxylic acids is 2. The zero-order valence-corrected chi connectivity index (χ0v) is 27.8. The summed E-state index contributed by atoms with van der Waals surface area (Å²) in [5, 5.41) is 0. The van der Waals surface area contributed by atoms with E-state index < -0.39 is 11.9 Å². The molecule has 5 aromatic rings. The first kappa shape index (κ1) is 33.3. The van der Waals surface area contributed by atoms with Gasteiger partial charge in [0.15, 0.2) is 0 Å². The summed E-state index contributed by atoms with van der Waals surface area (Å²) in [7, 11) is 0. The number of carbonyl (C=O) groups is 2. The van der Waals surface area contributed by atoms with Crippen molar-refractivity contribution >= 4 is 11.9 Å². The molecule has 0 radical (unpaired) electrons. The lowest BCUT2D eigenvalue weighted by molar-refractivity contribution is 0.0539. The number of esters is 2. The molecule has 0 spiro atoms. The molecular formula is C41H37NO8. The molecule has 4 atom stereocenters. The summed E-state index contributed by atoms with van der Waals surface area (Å²) < 4.78 is 33.3. The highest BCUT2D eigenvalue weighted by atomic mass is 16.6. The van der Waals surface area contributed by atoms with Crippen molar-refractivity contribution in [1.29, 1.82) is 0 Å². The van der Waals surface area contributed by atoms with Crippen LogP contribution in [0.2, 0.25) is 0 Å². The van der Waals surface area contributed by atoms with Crippen molar-refractivity contribution < 1.29 is 38.0 Å². The van der Waals surface area contributed by atoms with E-state index in [0.29, 0.717) is 24.7 Å². The molecule has 2 saturated heterocycles. The largest absolute Gasteiger partial charge is 0.422 e. The number of nitrogens with zero attached hydrogens (tertiary/aromatic N) is 1. The third-order valence-electron chi connectivity index (χ3n) is 8.59. The normalized spacial score (nSPS) is 17.4. The van der Waals surface area contributed by atoms with Gasteiger partial charge < -0.3 is 28.4 Å². The molecule has 9 heteroatoms. The van der Waals surface area contributed by atoms with E-state index in [-0.39, 0.29) is 35.8 Å². The fourth-order valence-corrected chi connectivity index (χ4v) is 5.33. The minimum atomic E-state index is -0.685. The van der Waals surface area contributed by atoms with E-state index in [9.17, 15) is 9.59 Å². The number of benzene rings is 4. The quantitative estimate of drug-likeness (QED) is 0.0664. The molecule has 3 heterocycles. The molecule has 50 heavy (non-hydrogen) atoms. The van der Waals surface area contributed by atoms with Gasteiger partial charge in [-0.15, -0.1) is 0 Å². The highest BCUT2D eigenvalue weighted by Gasteiger charge is 2.24. The van der Waals surface area contributed by atoms with E-state index in [2.05, 4.69) is 4.98 Å². The second-order valence-electron chi connectivity index (χ2n) is 12.3. The molecule has 0 saturated carbocycles. The topological polar surface area (TPSA) is 109 Å². The Kier molecular flexibility index (Phi) is 10.1. The zero-order chi connectivity index (χ0) is 34.5. The van der Waals surface area contributed by atoms with Gasteiger partial charge in [0.2, 0.25) is 0 Å². The van der Waals surface area contributed by atoms with Crippen LogP contribution in [0.25, 0.3) is 22.3 Å². The van der Waals surface area contributed by atoms with Gasteiger partial charge in [-0.3, -0.25) is 0 Å². The van der Waals surface area contributed by atoms with Crippen LogP contribution in [0.4, 0.5) is 0 Å². The lowest BCUT2D eigenvalue weighted by Crippen LogP contribution is -2.15. The molecule has 254 valence electrons. The zero-order valence-electron chi connectivity index (χ0n) is 27.8. The number of epoxide rings is 2. The third kappa shape index (κ3) is 8.69. The van der Waals surface area contributed by atoms with Gasteiger partial charge in [-0.1, -0.05) is 78.9 Å². The molecule has 2 aliphatic rings. The van der Waals surface area contributed by atoms with E-state index in [1.807, 2.05) is 86.6 Å². The van der Waals surface area contributed by atoms with Gasteiger partial charge in [0.1, 0.15) is 35.1 Å². The number of aromatic nitrogens is 1. The summed E-state index contributed by atoms with van der Waals surface area (Å²) in [6, 6.07) is 35.3. The molecule has 0 bridgehead atoms. The second kappa shape index (κ2) is 15.1. The van der Waals surface area contributed by atoms with Crippen LogP contribution in [0.3, 0.4) is 0 Å². The van der Waals surface area contributed by atoms with Crippen LogP contribution in [0.15, 0.2) is 115 Å². The fourth-order valence-electron chi connectivity index (χ4n) is 5.33. The van der Waals surface area contributed by atoms with Gasteiger partial charge in [-0.05, 0) is 83.6 Å². The van der Waals surface area contributed by atoms with Gasteiger partial charge in [0.25, 0.3) is 0 Å². The van der Waals surface area contributed by atoms with Crippen LogP contribution in [0.1, 0.15) is 58.2 Å². The van der Waals surface area contributed by atoms with E-state index in [1.165, 1.54) is 12.1 Å². The van der Waals surface area contributed by atoms with Crippen molar-refractivity contribution in [2.24, 2.45) is 0 Å². The Hall–Kier alpha value is -5.19. The average molecular weight is 672 g/mol. The minimum absolute atomic E-state index is 0.0110. The number of ether oxygens (including phenoxy) is 6. The van der Waals surface area contributed by atoms with Gasteiger partial charge in [-0.25, -0.2) is 14.6 Å². The maximum Gasteiger partial charge on any atom is 0.362 e. The summed E-state index contributed by atoms with van der Waals surface area (Å²) in [6.07, 6.45) is 0.421. The van der Waals surface area contributed by atoms with Crippen molar-refractivity contribution in [3.8, 4) is 33.8 Å². The predicted molar refractivity (Wildman–Crippen MR) is 186 cm³/mol. The second-order valence-corrected chi connectivity index (χ2v) is 12.3. The maximum absolute atomic E-state index is 12.9. The summed E-state index contributed by atoms with van der Waals surface area (Å²) in [5.74, 6) is -0.655. The maximum atomic E-state index is 12.9. The Bertz CT molecular complexity index is 1780. The first-order valence-corrected chi connectivity index (χ1v) is 16.7. The third-order valence-corrected chi connectivity index (χ3v) is 8.59. The van der Waals surface area contributed by atoms with Gasteiger partial charge >= 0.3 is 11.9 Å². The summed E-state index contributed by atoms with van der Waals surface area (Å²) in [4.78, 5) is 30.1. The van der Waals surface area contributed by atoms with Gasteiger partial charge in [0, 0.05) is 0 Å². The first-order valence-electron chi connectivity index (χ1n) is 16.7. The predicted octanol–water partition coefficient (Wildman–Crippen LogP) is 7.81. The Labute approximate surface area is 290 Å². The lowest BCUT2D eigenvalue weighted by atomic mass is 10.0. The number of hydrogen-bond acceptors (Lipinski definition) is 9. The first-order chi connectivity index (χ1) is 24.4.